The first-order valence-electron chi connectivity index (χ1n) is 3.53. The first kappa shape index (κ1) is 10.3. The van der Waals surface area contributed by atoms with Crippen molar-refractivity contribution in [3.05, 3.63) is 14.8 Å². The molecule has 1 rings (SSSR count). The number of halogens is 2. The Morgan fingerprint density at radius 1 is 1.67 bits per heavy atom. The van der Waals surface area contributed by atoms with Gasteiger partial charge in [-0.05, 0) is 24.4 Å². The number of hydrogen-bond donors (Lipinski definition) is 0. The number of rotatable bonds is 4. The van der Waals surface area contributed by atoms with Crippen molar-refractivity contribution < 1.29 is 9.15 Å². The van der Waals surface area contributed by atoms with Gasteiger partial charge in [0.15, 0.2) is 3.77 Å². The fourth-order valence-electron chi connectivity index (χ4n) is 0.844. The normalized spacial score (nSPS) is 10.6. The highest BCUT2D eigenvalue weighted by atomic mass is 127. The number of oxazole rings is 1. The summed E-state index contributed by atoms with van der Waals surface area (Å²) in [5, 5.41) is 0.215. The quantitative estimate of drug-likeness (QED) is 0.633. The number of hydrogen-bond acceptors (Lipinski definition) is 3. The third-order valence-corrected chi connectivity index (χ3v) is 2.39. The number of aromatic nitrogens is 1. The highest BCUT2D eigenvalue weighted by Gasteiger charge is 2.07. The van der Waals surface area contributed by atoms with Gasteiger partial charge >= 0.3 is 0 Å². The molecule has 68 valence electrons. The monoisotopic (exact) mass is 301 g/mol. The third-order valence-electron chi connectivity index (χ3n) is 1.39. The van der Waals surface area contributed by atoms with Gasteiger partial charge in [0.05, 0.1) is 5.69 Å². The molecule has 3 nitrogen and oxygen atoms in total. The Morgan fingerprint density at radius 3 is 2.92 bits per heavy atom. The molecule has 0 amide bonds. The molecule has 0 atom stereocenters. The van der Waals surface area contributed by atoms with Crippen molar-refractivity contribution in [1.82, 2.24) is 4.98 Å². The summed E-state index contributed by atoms with van der Waals surface area (Å²) < 4.78 is 10.7. The van der Waals surface area contributed by atoms with E-state index < -0.39 is 0 Å². The summed E-state index contributed by atoms with van der Waals surface area (Å²) in [5.41, 5.74) is 0.914. The summed E-state index contributed by atoms with van der Waals surface area (Å²) in [6, 6.07) is 0. The van der Waals surface area contributed by atoms with Crippen LogP contribution in [0.15, 0.2) is 4.42 Å². The maximum absolute atomic E-state index is 5.56. The summed E-state index contributed by atoms with van der Waals surface area (Å²) in [7, 11) is 1.68. The van der Waals surface area contributed by atoms with Gasteiger partial charge in [0.2, 0.25) is 0 Å². The Kier molecular flexibility index (Phi) is 4.31. The van der Waals surface area contributed by atoms with Crippen molar-refractivity contribution in [2.75, 3.05) is 13.7 Å². The number of nitrogens with zero attached hydrogens (tertiary/aromatic N) is 1. The van der Waals surface area contributed by atoms with Crippen LogP contribution in [0, 0.1) is 3.77 Å². The van der Waals surface area contributed by atoms with Crippen LogP contribution >= 0.6 is 34.2 Å². The van der Waals surface area contributed by atoms with Crippen LogP contribution in [0.3, 0.4) is 0 Å². The fourth-order valence-corrected chi connectivity index (χ4v) is 1.75. The van der Waals surface area contributed by atoms with Crippen molar-refractivity contribution in [2.45, 2.75) is 12.8 Å². The molecule has 0 fully saturated rings. The highest BCUT2D eigenvalue weighted by Crippen LogP contribution is 2.18. The van der Waals surface area contributed by atoms with Crippen LogP contribution in [0.4, 0.5) is 0 Å². The standard InChI is InChI=1S/C7H9ClINO2/c1-11-4-2-3-5-6(9)12-7(8)10-5/h2-4H2,1H3. The van der Waals surface area contributed by atoms with E-state index in [1.807, 2.05) is 0 Å². The van der Waals surface area contributed by atoms with Gasteiger partial charge in [-0.2, -0.15) is 0 Å². The van der Waals surface area contributed by atoms with E-state index in [1.54, 1.807) is 7.11 Å². The molecule has 0 unspecified atom stereocenters. The number of methoxy groups -OCH3 is 1. The first-order chi connectivity index (χ1) is 5.74. The van der Waals surface area contributed by atoms with Crippen molar-refractivity contribution in [3.8, 4) is 0 Å². The largest absolute Gasteiger partial charge is 0.421 e. The molecular weight excluding hydrogens is 292 g/mol. The molecule has 1 aromatic rings. The molecule has 0 saturated heterocycles. The molecule has 0 aliphatic rings. The second kappa shape index (κ2) is 5.04. The Labute approximate surface area is 89.6 Å². The summed E-state index contributed by atoms with van der Waals surface area (Å²) in [4.78, 5) is 4.02. The zero-order valence-corrected chi connectivity index (χ0v) is 9.55. The average molecular weight is 302 g/mol. The Bertz CT molecular complexity index is 252. The van der Waals surface area contributed by atoms with Crippen LogP contribution in [0.1, 0.15) is 12.1 Å². The SMILES string of the molecule is COCCCc1nc(Cl)oc1I. The molecule has 0 N–H and O–H groups in total. The second-order valence-corrected chi connectivity index (χ2v) is 3.59. The van der Waals surface area contributed by atoms with Crippen molar-refractivity contribution >= 4 is 34.2 Å². The Hall–Kier alpha value is 0.190. The van der Waals surface area contributed by atoms with E-state index in [2.05, 4.69) is 27.6 Å². The minimum Gasteiger partial charge on any atom is -0.421 e. The predicted octanol–water partition coefficient (Wildman–Crippen LogP) is 2.51. The maximum atomic E-state index is 5.56. The van der Waals surface area contributed by atoms with Gasteiger partial charge in [-0.15, -0.1) is 0 Å². The van der Waals surface area contributed by atoms with E-state index in [0.717, 1.165) is 28.9 Å². The molecule has 0 aliphatic heterocycles. The minimum atomic E-state index is 0.215. The van der Waals surface area contributed by atoms with Gasteiger partial charge < -0.3 is 9.15 Å². The molecule has 0 bridgehead atoms. The van der Waals surface area contributed by atoms with Crippen molar-refractivity contribution in [2.24, 2.45) is 0 Å². The van der Waals surface area contributed by atoms with Crippen LogP contribution < -0.4 is 0 Å². The van der Waals surface area contributed by atoms with E-state index in [9.17, 15) is 0 Å². The average Bonchev–Trinajstić information content (AvgIpc) is 2.31. The Morgan fingerprint density at radius 2 is 2.42 bits per heavy atom. The number of aryl methyl sites for hydroxylation is 1. The fraction of sp³-hybridized carbons (Fsp3) is 0.571. The lowest BCUT2D eigenvalue weighted by molar-refractivity contribution is 0.195. The van der Waals surface area contributed by atoms with E-state index in [-0.39, 0.29) is 5.35 Å². The van der Waals surface area contributed by atoms with Gasteiger partial charge in [0.25, 0.3) is 5.35 Å². The molecule has 1 aromatic heterocycles. The van der Waals surface area contributed by atoms with Gasteiger partial charge in [0, 0.05) is 36.3 Å². The molecule has 0 saturated carbocycles. The van der Waals surface area contributed by atoms with E-state index in [1.165, 1.54) is 0 Å². The molecule has 1 heterocycles. The van der Waals surface area contributed by atoms with E-state index in [0.29, 0.717) is 0 Å². The van der Waals surface area contributed by atoms with Gasteiger partial charge in [-0.1, -0.05) is 0 Å². The summed E-state index contributed by atoms with van der Waals surface area (Å²) in [6.45, 7) is 0.737. The van der Waals surface area contributed by atoms with E-state index in [4.69, 9.17) is 20.8 Å². The lowest BCUT2D eigenvalue weighted by Gasteiger charge is -1.95. The van der Waals surface area contributed by atoms with Crippen LogP contribution in [0.25, 0.3) is 0 Å². The van der Waals surface area contributed by atoms with Gasteiger partial charge in [-0.25, -0.2) is 4.98 Å². The summed E-state index contributed by atoms with van der Waals surface area (Å²) in [5.74, 6) is 0. The molecule has 0 radical (unpaired) electrons. The van der Waals surface area contributed by atoms with Crippen LogP contribution in [-0.4, -0.2) is 18.7 Å². The molecular formula is C7H9ClINO2. The van der Waals surface area contributed by atoms with Crippen molar-refractivity contribution in [3.63, 3.8) is 0 Å². The minimum absolute atomic E-state index is 0.215. The zero-order chi connectivity index (χ0) is 8.97. The van der Waals surface area contributed by atoms with Crippen molar-refractivity contribution in [1.29, 1.82) is 0 Å². The van der Waals surface area contributed by atoms with Crippen LogP contribution in [-0.2, 0) is 11.2 Å². The maximum Gasteiger partial charge on any atom is 0.293 e. The van der Waals surface area contributed by atoms with Gasteiger partial charge in [0.1, 0.15) is 0 Å². The molecule has 12 heavy (non-hydrogen) atoms. The molecule has 0 aromatic carbocycles. The molecule has 0 spiro atoms. The second-order valence-electron chi connectivity index (χ2n) is 2.28. The smallest absolute Gasteiger partial charge is 0.293 e. The lowest BCUT2D eigenvalue weighted by Crippen LogP contribution is -1.94. The lowest BCUT2D eigenvalue weighted by atomic mass is 10.3. The Balaban J connectivity index is 2.45. The predicted molar refractivity (Wildman–Crippen MR) is 54.4 cm³/mol. The zero-order valence-electron chi connectivity index (χ0n) is 6.64. The molecule has 5 heteroatoms. The molecule has 0 aliphatic carbocycles. The third kappa shape index (κ3) is 2.91. The van der Waals surface area contributed by atoms with Crippen LogP contribution in [0.2, 0.25) is 5.35 Å². The topological polar surface area (TPSA) is 35.3 Å². The summed E-state index contributed by atoms with van der Waals surface area (Å²) in [6.07, 6.45) is 1.79. The highest BCUT2D eigenvalue weighted by molar-refractivity contribution is 14.1. The van der Waals surface area contributed by atoms with Crippen LogP contribution in [0.5, 0.6) is 0 Å². The van der Waals surface area contributed by atoms with Gasteiger partial charge in [-0.3, -0.25) is 0 Å². The first-order valence-corrected chi connectivity index (χ1v) is 4.99. The summed E-state index contributed by atoms with van der Waals surface area (Å²) >= 11 is 7.64. The van der Waals surface area contributed by atoms with E-state index >= 15 is 0 Å². The number of ether oxygens (including phenoxy) is 1.